The quantitative estimate of drug-likeness (QED) is 0.812. The van der Waals surface area contributed by atoms with E-state index in [1.54, 1.807) is 24.3 Å². The van der Waals surface area contributed by atoms with Crippen LogP contribution in [0.15, 0.2) is 29.1 Å². The lowest BCUT2D eigenvalue weighted by atomic mass is 10.1. The van der Waals surface area contributed by atoms with Crippen molar-refractivity contribution < 1.29 is 14.3 Å². The Morgan fingerprint density at radius 3 is 2.59 bits per heavy atom. The van der Waals surface area contributed by atoms with E-state index < -0.39 is 12.0 Å². The van der Waals surface area contributed by atoms with E-state index in [1.807, 2.05) is 0 Å². The molecule has 1 atom stereocenters. The van der Waals surface area contributed by atoms with Crippen LogP contribution in [0.1, 0.15) is 12.6 Å². The molecule has 0 fully saturated rings. The number of hydrogen-bond donors (Lipinski definition) is 1. The third-order valence-corrected chi connectivity index (χ3v) is 3.29. The Balaban J connectivity index is 2.29. The summed E-state index contributed by atoms with van der Waals surface area (Å²) >= 11 is 0. The van der Waals surface area contributed by atoms with Crippen LogP contribution in [0, 0.1) is 0 Å². The first-order valence-electron chi connectivity index (χ1n) is 6.76. The number of carbonyl (C=O) groups is 2. The minimum atomic E-state index is -0.740. The maximum Gasteiger partial charge on any atom is 0.328 e. The fourth-order valence-corrected chi connectivity index (χ4v) is 2.19. The van der Waals surface area contributed by atoms with Crippen LogP contribution in [0.2, 0.25) is 0 Å². The molecule has 0 spiro atoms. The van der Waals surface area contributed by atoms with E-state index in [0.29, 0.717) is 16.5 Å². The lowest BCUT2D eigenvalue weighted by Crippen LogP contribution is -2.40. The van der Waals surface area contributed by atoms with Gasteiger partial charge >= 0.3 is 5.97 Å². The highest BCUT2D eigenvalue weighted by molar-refractivity contribution is 5.90. The number of aryl methyl sites for hydroxylation is 1. The van der Waals surface area contributed by atoms with Gasteiger partial charge in [0.15, 0.2) is 0 Å². The second kappa shape index (κ2) is 6.38. The molecule has 1 aromatic heterocycles. The predicted molar refractivity (Wildman–Crippen MR) is 80.3 cm³/mol. The molecular formula is C15H17N3O4. The molecule has 0 bridgehead atoms. The molecule has 1 unspecified atom stereocenters. The zero-order valence-corrected chi connectivity index (χ0v) is 12.6. The molecule has 1 amide bonds. The number of fused-ring (bicyclic) bond motifs is 1. The molecular weight excluding hydrogens is 286 g/mol. The Kier molecular flexibility index (Phi) is 4.55. The molecule has 2 rings (SSSR count). The molecule has 1 aromatic carbocycles. The van der Waals surface area contributed by atoms with Crippen molar-refractivity contribution >= 4 is 22.6 Å². The summed E-state index contributed by atoms with van der Waals surface area (Å²) in [5, 5.41) is 7.81. The Labute approximate surface area is 126 Å². The lowest BCUT2D eigenvalue weighted by Gasteiger charge is -2.12. The normalized spacial score (nSPS) is 12.0. The topological polar surface area (TPSA) is 90.3 Å². The Morgan fingerprint density at radius 1 is 1.32 bits per heavy atom. The SMILES string of the molecule is COC(=O)C(C)NC(=O)Cc1nn(C)c(=O)c2ccccc12. The van der Waals surface area contributed by atoms with Crippen LogP contribution in [0.25, 0.3) is 10.8 Å². The van der Waals surface area contributed by atoms with Crippen molar-refractivity contribution in [2.24, 2.45) is 7.05 Å². The number of methoxy groups -OCH3 is 1. The molecule has 2 aromatic rings. The van der Waals surface area contributed by atoms with Crippen molar-refractivity contribution in [1.82, 2.24) is 15.1 Å². The number of benzene rings is 1. The Morgan fingerprint density at radius 2 is 1.95 bits per heavy atom. The van der Waals surface area contributed by atoms with E-state index in [4.69, 9.17) is 0 Å². The lowest BCUT2D eigenvalue weighted by molar-refractivity contribution is -0.144. The van der Waals surface area contributed by atoms with Gasteiger partial charge in [-0.25, -0.2) is 9.48 Å². The predicted octanol–water partition coefficient (Wildman–Crippen LogP) is 0.154. The van der Waals surface area contributed by atoms with E-state index >= 15 is 0 Å². The molecule has 1 heterocycles. The molecule has 7 nitrogen and oxygen atoms in total. The highest BCUT2D eigenvalue weighted by Crippen LogP contribution is 2.13. The van der Waals surface area contributed by atoms with Gasteiger partial charge in [0.05, 0.1) is 24.6 Å². The number of ether oxygens (including phenoxy) is 1. The third kappa shape index (κ3) is 3.13. The van der Waals surface area contributed by atoms with Crippen LogP contribution < -0.4 is 10.9 Å². The van der Waals surface area contributed by atoms with Gasteiger partial charge in [-0.1, -0.05) is 18.2 Å². The van der Waals surface area contributed by atoms with Gasteiger partial charge in [0.1, 0.15) is 6.04 Å². The van der Waals surface area contributed by atoms with Crippen LogP contribution in [0.5, 0.6) is 0 Å². The summed E-state index contributed by atoms with van der Waals surface area (Å²) in [5.74, 6) is -0.888. The number of hydrogen-bond acceptors (Lipinski definition) is 5. The monoisotopic (exact) mass is 303 g/mol. The molecule has 1 N–H and O–H groups in total. The summed E-state index contributed by atoms with van der Waals surface area (Å²) in [7, 11) is 2.79. The van der Waals surface area contributed by atoms with Gasteiger partial charge in [-0.3, -0.25) is 9.59 Å². The van der Waals surface area contributed by atoms with Gasteiger partial charge in [0.25, 0.3) is 5.56 Å². The van der Waals surface area contributed by atoms with Crippen molar-refractivity contribution in [3.8, 4) is 0 Å². The average molecular weight is 303 g/mol. The Bertz CT molecular complexity index is 782. The van der Waals surface area contributed by atoms with Crippen LogP contribution in [0.3, 0.4) is 0 Å². The largest absolute Gasteiger partial charge is 0.467 e. The van der Waals surface area contributed by atoms with Crippen molar-refractivity contribution in [2.45, 2.75) is 19.4 Å². The summed E-state index contributed by atoms with van der Waals surface area (Å²) in [4.78, 5) is 35.4. The van der Waals surface area contributed by atoms with E-state index in [2.05, 4.69) is 15.2 Å². The Hall–Kier alpha value is -2.70. The molecule has 116 valence electrons. The summed E-state index contributed by atoms with van der Waals surface area (Å²) in [6.07, 6.45) is -0.0318. The first-order valence-corrected chi connectivity index (χ1v) is 6.76. The molecule has 7 heteroatoms. The zero-order valence-electron chi connectivity index (χ0n) is 12.6. The number of carbonyl (C=O) groups excluding carboxylic acids is 2. The molecule has 0 saturated carbocycles. The van der Waals surface area contributed by atoms with Crippen molar-refractivity contribution in [3.05, 3.63) is 40.3 Å². The van der Waals surface area contributed by atoms with Gasteiger partial charge in [0, 0.05) is 12.4 Å². The molecule has 22 heavy (non-hydrogen) atoms. The van der Waals surface area contributed by atoms with E-state index in [0.717, 1.165) is 0 Å². The number of rotatable bonds is 4. The fraction of sp³-hybridized carbons (Fsp3) is 0.333. The molecule has 0 saturated heterocycles. The molecule has 0 radical (unpaired) electrons. The maximum atomic E-state index is 12.0. The summed E-state index contributed by atoms with van der Waals surface area (Å²) in [6, 6.07) is 6.24. The van der Waals surface area contributed by atoms with Crippen molar-refractivity contribution in [2.75, 3.05) is 7.11 Å². The average Bonchev–Trinajstić information content (AvgIpc) is 2.51. The summed E-state index contributed by atoms with van der Waals surface area (Å²) in [6.45, 7) is 1.54. The number of esters is 1. The maximum absolute atomic E-state index is 12.0. The second-order valence-corrected chi connectivity index (χ2v) is 4.91. The van der Waals surface area contributed by atoms with Crippen LogP contribution >= 0.6 is 0 Å². The standard InChI is InChI=1S/C15H17N3O4/c1-9(15(21)22-3)16-13(19)8-12-10-6-4-5-7-11(10)14(20)18(2)17-12/h4-7,9H,8H2,1-3H3,(H,16,19). The zero-order chi connectivity index (χ0) is 16.3. The molecule has 0 aliphatic carbocycles. The van der Waals surface area contributed by atoms with Crippen molar-refractivity contribution in [3.63, 3.8) is 0 Å². The minimum Gasteiger partial charge on any atom is -0.467 e. The fourth-order valence-electron chi connectivity index (χ4n) is 2.19. The van der Waals surface area contributed by atoms with Gasteiger partial charge in [-0.15, -0.1) is 0 Å². The minimum absolute atomic E-state index is 0.0318. The van der Waals surface area contributed by atoms with Crippen molar-refractivity contribution in [1.29, 1.82) is 0 Å². The van der Waals surface area contributed by atoms with Gasteiger partial charge in [-0.05, 0) is 13.0 Å². The third-order valence-electron chi connectivity index (χ3n) is 3.29. The van der Waals surface area contributed by atoms with Crippen LogP contribution in [0.4, 0.5) is 0 Å². The highest BCUT2D eigenvalue weighted by atomic mass is 16.5. The summed E-state index contributed by atoms with van der Waals surface area (Å²) in [5.41, 5.74) is 0.259. The highest BCUT2D eigenvalue weighted by Gasteiger charge is 2.18. The number of aromatic nitrogens is 2. The first-order chi connectivity index (χ1) is 10.4. The van der Waals surface area contributed by atoms with Crippen LogP contribution in [-0.4, -0.2) is 34.8 Å². The van der Waals surface area contributed by atoms with Gasteiger partial charge in [-0.2, -0.15) is 5.10 Å². The number of nitrogens with zero attached hydrogens (tertiary/aromatic N) is 2. The van der Waals surface area contributed by atoms with E-state index in [9.17, 15) is 14.4 Å². The van der Waals surface area contributed by atoms with Gasteiger partial charge < -0.3 is 10.1 Å². The smallest absolute Gasteiger partial charge is 0.328 e. The van der Waals surface area contributed by atoms with Crippen LogP contribution in [-0.2, 0) is 27.8 Å². The number of nitrogens with one attached hydrogen (secondary N) is 1. The summed E-state index contributed by atoms with van der Waals surface area (Å²) < 4.78 is 5.76. The van der Waals surface area contributed by atoms with E-state index in [-0.39, 0.29) is 17.9 Å². The number of amides is 1. The molecule has 0 aliphatic rings. The second-order valence-electron chi connectivity index (χ2n) is 4.91. The van der Waals surface area contributed by atoms with E-state index in [1.165, 1.54) is 25.8 Å². The van der Waals surface area contributed by atoms with Gasteiger partial charge in [0.2, 0.25) is 5.91 Å². The molecule has 0 aliphatic heterocycles. The first kappa shape index (κ1) is 15.7.